The van der Waals surface area contributed by atoms with Gasteiger partial charge in [0.25, 0.3) is 0 Å². The van der Waals surface area contributed by atoms with Gasteiger partial charge in [0, 0.05) is 6.21 Å². The van der Waals surface area contributed by atoms with Gasteiger partial charge in [0.2, 0.25) is 0 Å². The van der Waals surface area contributed by atoms with Crippen molar-refractivity contribution >= 4 is 6.21 Å². The molecule has 0 fully saturated rings. The van der Waals surface area contributed by atoms with Gasteiger partial charge in [-0.05, 0) is 41.9 Å². The van der Waals surface area contributed by atoms with E-state index >= 15 is 0 Å². The highest BCUT2D eigenvalue weighted by Crippen LogP contribution is 2.30. The molecule has 0 aromatic carbocycles. The van der Waals surface area contributed by atoms with Crippen molar-refractivity contribution in [2.45, 2.75) is 26.2 Å². The van der Waals surface area contributed by atoms with Crippen molar-refractivity contribution in [3.05, 3.63) is 47.1 Å². The summed E-state index contributed by atoms with van der Waals surface area (Å²) in [6.07, 6.45) is 15.8. The van der Waals surface area contributed by atoms with Crippen LogP contribution < -0.4 is 0 Å². The van der Waals surface area contributed by atoms with E-state index in [2.05, 4.69) is 37.3 Å². The molecule has 2 rings (SSSR count). The Labute approximate surface area is 91.4 Å². The molecule has 0 spiro atoms. The van der Waals surface area contributed by atoms with Crippen molar-refractivity contribution in [2.24, 2.45) is 5.92 Å². The first-order chi connectivity index (χ1) is 7.29. The first kappa shape index (κ1) is 10.2. The molecule has 0 aromatic heterocycles. The Bertz CT molecular complexity index is 380. The molecule has 0 bridgehead atoms. The summed E-state index contributed by atoms with van der Waals surface area (Å²) in [4.78, 5) is 0. The summed E-state index contributed by atoms with van der Waals surface area (Å²) in [5, 5.41) is 7.32. The summed E-state index contributed by atoms with van der Waals surface area (Å²) in [6.45, 7) is 2.22. The molecule has 0 aromatic rings. The van der Waals surface area contributed by atoms with Crippen LogP contribution >= 0.6 is 0 Å². The SMILES string of the molecule is CC1C=C(C=N)C=C(C2=CC=CCC2)C1. The molecule has 0 radical (unpaired) electrons. The Hall–Kier alpha value is -1.37. The zero-order valence-electron chi connectivity index (χ0n) is 9.16. The third-order valence-electron chi connectivity index (χ3n) is 2.95. The van der Waals surface area contributed by atoms with Crippen LogP contribution in [0.2, 0.25) is 0 Å². The lowest BCUT2D eigenvalue weighted by atomic mass is 9.85. The normalized spacial score (nSPS) is 25.4. The Morgan fingerprint density at radius 2 is 2.27 bits per heavy atom. The van der Waals surface area contributed by atoms with Gasteiger partial charge >= 0.3 is 0 Å². The highest BCUT2D eigenvalue weighted by atomic mass is 14.3. The van der Waals surface area contributed by atoms with Gasteiger partial charge in [-0.3, -0.25) is 0 Å². The van der Waals surface area contributed by atoms with E-state index < -0.39 is 0 Å². The number of allylic oxidation sites excluding steroid dienone is 8. The minimum Gasteiger partial charge on any atom is -0.308 e. The second-order valence-corrected chi connectivity index (χ2v) is 4.32. The molecule has 1 N–H and O–H groups in total. The fraction of sp³-hybridized carbons (Fsp3) is 0.357. The zero-order chi connectivity index (χ0) is 10.7. The van der Waals surface area contributed by atoms with Crippen molar-refractivity contribution in [1.82, 2.24) is 0 Å². The molecule has 2 aliphatic rings. The van der Waals surface area contributed by atoms with Crippen LogP contribution in [0.1, 0.15) is 26.2 Å². The molecule has 78 valence electrons. The van der Waals surface area contributed by atoms with Gasteiger partial charge < -0.3 is 5.41 Å². The van der Waals surface area contributed by atoms with Gasteiger partial charge in [-0.1, -0.05) is 37.3 Å². The maximum atomic E-state index is 7.32. The van der Waals surface area contributed by atoms with Crippen molar-refractivity contribution < 1.29 is 0 Å². The first-order valence-electron chi connectivity index (χ1n) is 5.58. The number of rotatable bonds is 2. The summed E-state index contributed by atoms with van der Waals surface area (Å²) in [5.41, 5.74) is 3.93. The average Bonchev–Trinajstić information content (AvgIpc) is 2.29. The first-order valence-corrected chi connectivity index (χ1v) is 5.58. The molecular formula is C14H17N. The fourth-order valence-electron chi connectivity index (χ4n) is 2.23. The molecule has 1 atom stereocenters. The third kappa shape index (κ3) is 2.35. The Kier molecular flexibility index (Phi) is 3.00. The molecule has 0 saturated carbocycles. The molecule has 0 amide bonds. The molecule has 1 unspecified atom stereocenters. The van der Waals surface area contributed by atoms with Gasteiger partial charge in [-0.15, -0.1) is 0 Å². The lowest BCUT2D eigenvalue weighted by molar-refractivity contribution is 0.701. The number of hydrogen-bond donors (Lipinski definition) is 1. The minimum absolute atomic E-state index is 0.563. The largest absolute Gasteiger partial charge is 0.308 e. The summed E-state index contributed by atoms with van der Waals surface area (Å²) >= 11 is 0. The second-order valence-electron chi connectivity index (χ2n) is 4.32. The lowest BCUT2D eigenvalue weighted by Crippen LogP contribution is -2.05. The van der Waals surface area contributed by atoms with E-state index in [1.54, 1.807) is 0 Å². The Morgan fingerprint density at radius 1 is 1.40 bits per heavy atom. The van der Waals surface area contributed by atoms with E-state index in [0.717, 1.165) is 24.8 Å². The topological polar surface area (TPSA) is 23.9 Å². The van der Waals surface area contributed by atoms with Crippen LogP contribution in [0.4, 0.5) is 0 Å². The monoisotopic (exact) mass is 199 g/mol. The van der Waals surface area contributed by atoms with Crippen LogP contribution in [-0.4, -0.2) is 6.21 Å². The highest BCUT2D eigenvalue weighted by Gasteiger charge is 2.14. The molecule has 1 heteroatoms. The molecular weight excluding hydrogens is 182 g/mol. The van der Waals surface area contributed by atoms with Crippen LogP contribution in [-0.2, 0) is 0 Å². The van der Waals surface area contributed by atoms with Gasteiger partial charge in [0.05, 0.1) is 0 Å². The van der Waals surface area contributed by atoms with Gasteiger partial charge in [-0.2, -0.15) is 0 Å². The van der Waals surface area contributed by atoms with E-state index in [-0.39, 0.29) is 0 Å². The maximum absolute atomic E-state index is 7.32. The van der Waals surface area contributed by atoms with Crippen LogP contribution in [0.25, 0.3) is 0 Å². The van der Waals surface area contributed by atoms with Crippen molar-refractivity contribution in [3.63, 3.8) is 0 Å². The molecule has 1 nitrogen and oxygen atoms in total. The molecule has 2 aliphatic carbocycles. The van der Waals surface area contributed by atoms with Crippen LogP contribution in [0.5, 0.6) is 0 Å². The minimum atomic E-state index is 0.563. The van der Waals surface area contributed by atoms with E-state index in [9.17, 15) is 0 Å². The molecule has 0 heterocycles. The summed E-state index contributed by atoms with van der Waals surface area (Å²) in [7, 11) is 0. The third-order valence-corrected chi connectivity index (χ3v) is 2.95. The molecule has 0 saturated heterocycles. The predicted molar refractivity (Wildman–Crippen MR) is 65.2 cm³/mol. The second kappa shape index (κ2) is 4.43. The van der Waals surface area contributed by atoms with Crippen molar-refractivity contribution in [3.8, 4) is 0 Å². The number of nitrogens with one attached hydrogen (secondary N) is 1. The summed E-state index contributed by atoms with van der Waals surface area (Å²) in [6, 6.07) is 0. The molecule has 15 heavy (non-hydrogen) atoms. The van der Waals surface area contributed by atoms with E-state index in [1.807, 2.05) is 0 Å². The number of hydrogen-bond acceptors (Lipinski definition) is 1. The Morgan fingerprint density at radius 3 is 2.93 bits per heavy atom. The van der Waals surface area contributed by atoms with Crippen molar-refractivity contribution in [1.29, 1.82) is 5.41 Å². The highest BCUT2D eigenvalue weighted by molar-refractivity contribution is 5.81. The molecule has 0 aliphatic heterocycles. The van der Waals surface area contributed by atoms with E-state index in [1.165, 1.54) is 17.4 Å². The standard InChI is InChI=1S/C14H17N/c1-11-7-12(10-15)9-14(8-11)13-5-3-2-4-6-13/h2-3,5,7,9-11,15H,4,6,8H2,1H3. The van der Waals surface area contributed by atoms with Crippen LogP contribution in [0, 0.1) is 11.3 Å². The summed E-state index contributed by atoms with van der Waals surface area (Å²) in [5.74, 6) is 0.563. The summed E-state index contributed by atoms with van der Waals surface area (Å²) < 4.78 is 0. The zero-order valence-corrected chi connectivity index (χ0v) is 9.16. The fourth-order valence-corrected chi connectivity index (χ4v) is 2.23. The van der Waals surface area contributed by atoms with E-state index in [4.69, 9.17) is 5.41 Å². The maximum Gasteiger partial charge on any atom is 0.0247 e. The average molecular weight is 199 g/mol. The van der Waals surface area contributed by atoms with Gasteiger partial charge in [-0.25, -0.2) is 0 Å². The van der Waals surface area contributed by atoms with E-state index in [0.29, 0.717) is 5.92 Å². The van der Waals surface area contributed by atoms with Gasteiger partial charge in [0.1, 0.15) is 0 Å². The van der Waals surface area contributed by atoms with Crippen LogP contribution in [0.15, 0.2) is 47.1 Å². The predicted octanol–water partition coefficient (Wildman–Crippen LogP) is 3.80. The van der Waals surface area contributed by atoms with Crippen LogP contribution in [0.3, 0.4) is 0 Å². The van der Waals surface area contributed by atoms with Crippen molar-refractivity contribution in [2.75, 3.05) is 0 Å². The van der Waals surface area contributed by atoms with Gasteiger partial charge in [0.15, 0.2) is 0 Å². The Balaban J connectivity index is 2.25. The lowest BCUT2D eigenvalue weighted by Gasteiger charge is -2.20. The quantitative estimate of drug-likeness (QED) is 0.654. The smallest absolute Gasteiger partial charge is 0.0247 e.